The Hall–Kier alpha value is -0.120. The van der Waals surface area contributed by atoms with Crippen molar-refractivity contribution in [2.75, 3.05) is 26.3 Å². The molecule has 0 bridgehead atoms. The summed E-state index contributed by atoms with van der Waals surface area (Å²) in [5.74, 6) is 1.03. The second-order valence-electron chi connectivity index (χ2n) is 4.91. The summed E-state index contributed by atoms with van der Waals surface area (Å²) in [6.07, 6.45) is 5.55. The number of nitrogens with one attached hydrogen (secondary N) is 1. The van der Waals surface area contributed by atoms with Crippen molar-refractivity contribution in [3.63, 3.8) is 0 Å². The average Bonchev–Trinajstić information content (AvgIpc) is 3.05. The lowest BCUT2D eigenvalue weighted by Gasteiger charge is -2.29. The summed E-state index contributed by atoms with van der Waals surface area (Å²) in [5.41, 5.74) is 5.72. The average molecular weight is 214 g/mol. The van der Waals surface area contributed by atoms with Gasteiger partial charge in [-0.25, -0.2) is 0 Å². The molecule has 0 spiro atoms. The highest BCUT2D eigenvalue weighted by molar-refractivity contribution is 4.84. The number of hydrogen-bond donors (Lipinski definition) is 2. The van der Waals surface area contributed by atoms with E-state index in [0.717, 1.165) is 19.1 Å². The van der Waals surface area contributed by atoms with Gasteiger partial charge in [-0.05, 0) is 39.2 Å². The topological polar surface area (TPSA) is 47.3 Å². The molecule has 1 saturated carbocycles. The highest BCUT2D eigenvalue weighted by Crippen LogP contribution is 2.33. The minimum absolute atomic E-state index is 0.0421. The first-order valence-corrected chi connectivity index (χ1v) is 6.23. The van der Waals surface area contributed by atoms with E-state index in [1.54, 1.807) is 0 Å². The molecule has 3 heteroatoms. The van der Waals surface area contributed by atoms with Gasteiger partial charge in [0.15, 0.2) is 0 Å². The molecule has 0 aromatic rings. The van der Waals surface area contributed by atoms with E-state index in [0.29, 0.717) is 13.2 Å². The second kappa shape index (κ2) is 6.46. The maximum atomic E-state index is 5.76. The third kappa shape index (κ3) is 5.50. The summed E-state index contributed by atoms with van der Waals surface area (Å²) < 4.78 is 5.44. The molecule has 1 aliphatic rings. The van der Waals surface area contributed by atoms with Crippen molar-refractivity contribution >= 4 is 0 Å². The van der Waals surface area contributed by atoms with Crippen molar-refractivity contribution < 1.29 is 4.74 Å². The summed E-state index contributed by atoms with van der Waals surface area (Å²) in [5, 5.41) is 3.51. The normalized spacial score (nSPS) is 20.2. The highest BCUT2D eigenvalue weighted by atomic mass is 16.5. The van der Waals surface area contributed by atoms with Crippen molar-refractivity contribution in [3.05, 3.63) is 0 Å². The Morgan fingerprint density at radius 3 is 2.73 bits per heavy atom. The van der Waals surface area contributed by atoms with Crippen LogP contribution in [0.2, 0.25) is 0 Å². The van der Waals surface area contributed by atoms with Gasteiger partial charge in [-0.3, -0.25) is 0 Å². The molecule has 1 rings (SSSR count). The van der Waals surface area contributed by atoms with Crippen molar-refractivity contribution in [1.82, 2.24) is 5.32 Å². The highest BCUT2D eigenvalue weighted by Gasteiger charge is 2.23. The molecule has 0 aromatic heterocycles. The zero-order valence-corrected chi connectivity index (χ0v) is 10.2. The lowest BCUT2D eigenvalue weighted by Crippen LogP contribution is -2.52. The second-order valence-corrected chi connectivity index (χ2v) is 4.91. The number of hydrogen-bond acceptors (Lipinski definition) is 3. The van der Waals surface area contributed by atoms with E-state index in [1.807, 2.05) is 6.92 Å². The van der Waals surface area contributed by atoms with E-state index < -0.39 is 0 Å². The van der Waals surface area contributed by atoms with Gasteiger partial charge in [-0.15, -0.1) is 0 Å². The molecule has 3 nitrogen and oxygen atoms in total. The molecule has 1 aliphatic carbocycles. The van der Waals surface area contributed by atoms with Crippen molar-refractivity contribution in [2.45, 2.75) is 45.1 Å². The predicted molar refractivity (Wildman–Crippen MR) is 63.9 cm³/mol. The molecule has 1 unspecified atom stereocenters. The maximum Gasteiger partial charge on any atom is 0.0657 e. The van der Waals surface area contributed by atoms with Crippen LogP contribution in [0, 0.1) is 5.92 Å². The molecule has 0 amide bonds. The lowest BCUT2D eigenvalue weighted by molar-refractivity contribution is 0.0874. The standard InChI is InChI=1S/C12H26N2O/c1-3-15-10-12(2,9-13)14-8-4-5-11-6-7-11/h11,14H,3-10,13H2,1-2H3. The van der Waals surface area contributed by atoms with Gasteiger partial charge in [0, 0.05) is 13.2 Å². The Morgan fingerprint density at radius 2 is 2.20 bits per heavy atom. The minimum atomic E-state index is -0.0421. The smallest absolute Gasteiger partial charge is 0.0657 e. The third-order valence-corrected chi connectivity index (χ3v) is 3.11. The van der Waals surface area contributed by atoms with Gasteiger partial charge in [-0.1, -0.05) is 12.8 Å². The molecule has 0 aliphatic heterocycles. The first-order valence-electron chi connectivity index (χ1n) is 6.23. The van der Waals surface area contributed by atoms with Crippen molar-refractivity contribution in [3.8, 4) is 0 Å². The third-order valence-electron chi connectivity index (χ3n) is 3.11. The SMILES string of the molecule is CCOCC(C)(CN)NCCCC1CC1. The molecule has 15 heavy (non-hydrogen) atoms. The molecule has 1 atom stereocenters. The summed E-state index contributed by atoms with van der Waals surface area (Å²) in [4.78, 5) is 0. The largest absolute Gasteiger partial charge is 0.380 e. The zero-order chi connectivity index (χ0) is 11.1. The molecule has 1 fully saturated rings. The van der Waals surface area contributed by atoms with Gasteiger partial charge in [0.25, 0.3) is 0 Å². The molecule has 90 valence electrons. The van der Waals surface area contributed by atoms with Crippen LogP contribution in [0.3, 0.4) is 0 Å². The number of ether oxygens (including phenoxy) is 1. The van der Waals surface area contributed by atoms with E-state index >= 15 is 0 Å². The van der Waals surface area contributed by atoms with Gasteiger partial charge < -0.3 is 15.8 Å². The number of rotatable bonds is 9. The summed E-state index contributed by atoms with van der Waals surface area (Å²) in [7, 11) is 0. The van der Waals surface area contributed by atoms with Crippen molar-refractivity contribution in [1.29, 1.82) is 0 Å². The molecular formula is C12H26N2O. The summed E-state index contributed by atoms with van der Waals surface area (Å²) >= 11 is 0. The van der Waals surface area contributed by atoms with Crippen LogP contribution in [0.1, 0.15) is 39.5 Å². The summed E-state index contributed by atoms with van der Waals surface area (Å²) in [6, 6.07) is 0. The van der Waals surface area contributed by atoms with Crippen LogP contribution < -0.4 is 11.1 Å². The van der Waals surface area contributed by atoms with Crippen LogP contribution in [0.5, 0.6) is 0 Å². The van der Waals surface area contributed by atoms with Gasteiger partial charge in [0.2, 0.25) is 0 Å². The van der Waals surface area contributed by atoms with Gasteiger partial charge in [-0.2, -0.15) is 0 Å². The van der Waals surface area contributed by atoms with Gasteiger partial charge in [0.1, 0.15) is 0 Å². The minimum Gasteiger partial charge on any atom is -0.380 e. The first kappa shape index (κ1) is 12.9. The lowest BCUT2D eigenvalue weighted by atomic mass is 10.0. The van der Waals surface area contributed by atoms with Crippen LogP contribution in [0.4, 0.5) is 0 Å². The number of nitrogens with two attached hydrogens (primary N) is 1. The fourth-order valence-electron chi connectivity index (χ4n) is 1.70. The fourth-order valence-corrected chi connectivity index (χ4v) is 1.70. The quantitative estimate of drug-likeness (QED) is 0.572. The Kier molecular flexibility index (Phi) is 5.58. The molecular weight excluding hydrogens is 188 g/mol. The predicted octanol–water partition coefficient (Wildman–Crippen LogP) is 1.52. The monoisotopic (exact) mass is 214 g/mol. The van der Waals surface area contributed by atoms with Crippen LogP contribution >= 0.6 is 0 Å². The van der Waals surface area contributed by atoms with Crippen molar-refractivity contribution in [2.24, 2.45) is 11.7 Å². The molecule has 0 heterocycles. The van der Waals surface area contributed by atoms with E-state index in [9.17, 15) is 0 Å². The zero-order valence-electron chi connectivity index (χ0n) is 10.2. The summed E-state index contributed by atoms with van der Waals surface area (Å²) in [6.45, 7) is 7.33. The van der Waals surface area contributed by atoms with Crippen LogP contribution in [0.15, 0.2) is 0 Å². The fraction of sp³-hybridized carbons (Fsp3) is 1.00. The molecule has 0 aromatic carbocycles. The van der Waals surface area contributed by atoms with E-state index in [1.165, 1.54) is 25.7 Å². The molecule has 3 N–H and O–H groups in total. The van der Waals surface area contributed by atoms with E-state index in [-0.39, 0.29) is 5.54 Å². The van der Waals surface area contributed by atoms with Crippen LogP contribution in [0.25, 0.3) is 0 Å². The molecule has 0 saturated heterocycles. The van der Waals surface area contributed by atoms with E-state index in [2.05, 4.69) is 12.2 Å². The Labute approximate surface area is 93.8 Å². The Balaban J connectivity index is 2.06. The van der Waals surface area contributed by atoms with Gasteiger partial charge >= 0.3 is 0 Å². The van der Waals surface area contributed by atoms with E-state index in [4.69, 9.17) is 10.5 Å². The van der Waals surface area contributed by atoms with Crippen LogP contribution in [-0.2, 0) is 4.74 Å². The van der Waals surface area contributed by atoms with Gasteiger partial charge in [0.05, 0.1) is 12.1 Å². The van der Waals surface area contributed by atoms with Crippen LogP contribution in [-0.4, -0.2) is 31.8 Å². The molecule has 0 radical (unpaired) electrons. The maximum absolute atomic E-state index is 5.76. The Bertz CT molecular complexity index is 171. The first-order chi connectivity index (χ1) is 7.20. The Morgan fingerprint density at radius 1 is 1.47 bits per heavy atom.